The molecule has 0 fully saturated rings. The zero-order valence-electron chi connectivity index (χ0n) is 21.0. The van der Waals surface area contributed by atoms with Gasteiger partial charge in [-0.2, -0.15) is 0 Å². The summed E-state index contributed by atoms with van der Waals surface area (Å²) >= 11 is 0. The van der Waals surface area contributed by atoms with Gasteiger partial charge in [0.1, 0.15) is 18.1 Å². The number of hydrogen-bond acceptors (Lipinski definition) is 8. The maximum Gasteiger partial charge on any atom is 0.261 e. The number of methoxy groups -OCH3 is 2. The fraction of sp³-hybridized carbons (Fsp3) is 0.222. The molecule has 0 atom stereocenters. The van der Waals surface area contributed by atoms with Crippen molar-refractivity contribution in [2.45, 2.75) is 19.4 Å². The molecule has 11 heteroatoms. The van der Waals surface area contributed by atoms with Gasteiger partial charge in [0.2, 0.25) is 0 Å². The highest BCUT2D eigenvalue weighted by Gasteiger charge is 2.20. The lowest BCUT2D eigenvalue weighted by Gasteiger charge is -2.20. The van der Waals surface area contributed by atoms with Gasteiger partial charge >= 0.3 is 0 Å². The highest BCUT2D eigenvalue weighted by atomic mass is 19.1. The van der Waals surface area contributed by atoms with Crippen molar-refractivity contribution in [3.05, 3.63) is 72.2 Å². The number of nitrogens with zero attached hydrogens (tertiary/aromatic N) is 2. The van der Waals surface area contributed by atoms with Crippen molar-refractivity contribution in [3.63, 3.8) is 0 Å². The third kappa shape index (κ3) is 5.89. The van der Waals surface area contributed by atoms with E-state index in [1.165, 1.54) is 44.9 Å². The molecule has 0 aliphatic carbocycles. The number of anilines is 1. The lowest BCUT2D eigenvalue weighted by Crippen LogP contribution is -2.27. The quantitative estimate of drug-likeness (QED) is 0.310. The number of carbonyl (C=O) groups excluding carboxylic acids is 1. The van der Waals surface area contributed by atoms with Crippen LogP contribution in [0.4, 0.5) is 14.5 Å². The van der Waals surface area contributed by atoms with Gasteiger partial charge in [-0.15, -0.1) is 0 Å². The molecule has 38 heavy (non-hydrogen) atoms. The van der Waals surface area contributed by atoms with Crippen LogP contribution in [0, 0.1) is 11.6 Å². The largest absolute Gasteiger partial charge is 0.496 e. The number of aromatic nitrogens is 2. The fourth-order valence-electron chi connectivity index (χ4n) is 3.51. The zero-order chi connectivity index (χ0) is 27.4. The van der Waals surface area contributed by atoms with Crippen LogP contribution >= 0.6 is 0 Å². The lowest BCUT2D eigenvalue weighted by molar-refractivity contribution is 0.0277. The molecule has 0 aliphatic rings. The van der Waals surface area contributed by atoms with Crippen molar-refractivity contribution in [1.82, 2.24) is 9.97 Å². The van der Waals surface area contributed by atoms with Gasteiger partial charge in [0.15, 0.2) is 28.9 Å². The third-order valence-electron chi connectivity index (χ3n) is 5.28. The van der Waals surface area contributed by atoms with Gasteiger partial charge in [0.25, 0.3) is 5.91 Å². The maximum absolute atomic E-state index is 15.0. The van der Waals surface area contributed by atoms with Crippen LogP contribution in [0.25, 0.3) is 10.9 Å². The van der Waals surface area contributed by atoms with Gasteiger partial charge in [-0.25, -0.2) is 8.78 Å². The van der Waals surface area contributed by atoms with Crippen molar-refractivity contribution >= 4 is 22.5 Å². The Labute approximate surface area is 217 Å². The fourth-order valence-corrected chi connectivity index (χ4v) is 3.51. The number of hydrogen-bond donors (Lipinski definition) is 2. The van der Waals surface area contributed by atoms with Crippen molar-refractivity contribution < 1.29 is 37.6 Å². The Kier molecular flexibility index (Phi) is 7.58. The zero-order valence-corrected chi connectivity index (χ0v) is 21.0. The Morgan fingerprint density at radius 1 is 0.974 bits per heavy atom. The molecule has 4 aromatic rings. The molecule has 0 saturated heterocycles. The Morgan fingerprint density at radius 2 is 1.66 bits per heavy atom. The topological polar surface area (TPSA) is 112 Å². The van der Waals surface area contributed by atoms with Crippen LogP contribution in [-0.2, 0) is 0 Å². The Balaban J connectivity index is 1.63. The summed E-state index contributed by atoms with van der Waals surface area (Å²) in [7, 11) is 2.84. The molecule has 0 aliphatic heterocycles. The summed E-state index contributed by atoms with van der Waals surface area (Å²) in [5.41, 5.74) is -0.725. The van der Waals surface area contributed by atoms with Gasteiger partial charge in [0.05, 0.1) is 30.9 Å². The number of halogens is 2. The molecule has 9 nitrogen and oxygen atoms in total. The molecule has 0 saturated carbocycles. The van der Waals surface area contributed by atoms with Gasteiger partial charge < -0.3 is 29.4 Å². The second kappa shape index (κ2) is 10.9. The number of benzene rings is 2. The predicted molar refractivity (Wildman–Crippen MR) is 135 cm³/mol. The number of fused-ring (bicyclic) bond motifs is 1. The van der Waals surface area contributed by atoms with E-state index in [2.05, 4.69) is 15.3 Å². The molecule has 4 rings (SSSR count). The highest BCUT2D eigenvalue weighted by molar-refractivity contribution is 6.06. The minimum absolute atomic E-state index is 0.0350. The van der Waals surface area contributed by atoms with E-state index in [-0.39, 0.29) is 35.1 Å². The average Bonchev–Trinajstić information content (AvgIpc) is 2.88. The molecule has 0 spiro atoms. The summed E-state index contributed by atoms with van der Waals surface area (Å²) in [6, 6.07) is 7.93. The number of pyridine rings is 2. The van der Waals surface area contributed by atoms with E-state index in [1.807, 2.05) is 0 Å². The van der Waals surface area contributed by atoms with Crippen LogP contribution in [-0.4, -0.2) is 47.4 Å². The molecular weight excluding hydrogens is 500 g/mol. The highest BCUT2D eigenvalue weighted by Crippen LogP contribution is 2.39. The molecule has 2 heterocycles. The summed E-state index contributed by atoms with van der Waals surface area (Å²) < 4.78 is 51.8. The summed E-state index contributed by atoms with van der Waals surface area (Å²) in [5.74, 6) is -2.44. The summed E-state index contributed by atoms with van der Waals surface area (Å²) in [5, 5.41) is 12.8. The average molecular weight is 526 g/mol. The Morgan fingerprint density at radius 3 is 2.32 bits per heavy atom. The number of ether oxygens (including phenoxy) is 4. The predicted octanol–water partition coefficient (Wildman–Crippen LogP) is 5.12. The molecule has 2 aromatic heterocycles. The van der Waals surface area contributed by atoms with Crippen LogP contribution in [0.15, 0.2) is 55.0 Å². The van der Waals surface area contributed by atoms with Crippen LogP contribution in [0.1, 0.15) is 24.2 Å². The van der Waals surface area contributed by atoms with E-state index < -0.39 is 28.9 Å². The first-order chi connectivity index (χ1) is 18.1. The van der Waals surface area contributed by atoms with E-state index >= 15 is 8.78 Å². The second-order valence-corrected chi connectivity index (χ2v) is 8.83. The molecule has 0 radical (unpaired) electrons. The minimum Gasteiger partial charge on any atom is -0.496 e. The van der Waals surface area contributed by atoms with Crippen LogP contribution in [0.3, 0.4) is 0 Å². The van der Waals surface area contributed by atoms with Crippen LogP contribution < -0.4 is 24.3 Å². The summed E-state index contributed by atoms with van der Waals surface area (Å²) in [4.78, 5) is 20.7. The summed E-state index contributed by atoms with van der Waals surface area (Å²) in [6.07, 6.45) is 4.14. The monoisotopic (exact) mass is 525 g/mol. The second-order valence-electron chi connectivity index (χ2n) is 8.83. The first-order valence-corrected chi connectivity index (χ1v) is 11.4. The minimum atomic E-state index is -1.11. The maximum atomic E-state index is 15.0. The molecule has 2 aromatic carbocycles. The normalized spacial score (nSPS) is 11.2. The van der Waals surface area contributed by atoms with Gasteiger partial charge in [-0.05, 0) is 32.0 Å². The molecule has 2 N–H and O–H groups in total. The first-order valence-electron chi connectivity index (χ1n) is 11.4. The molecule has 1 amide bonds. The first kappa shape index (κ1) is 26.6. The Bertz CT molecular complexity index is 1470. The molecule has 0 bridgehead atoms. The van der Waals surface area contributed by atoms with E-state index in [4.69, 9.17) is 18.9 Å². The number of amides is 1. The SMILES string of the molecule is COc1cc2nccc(Oc3c(F)cc(NC(=O)c4cnccc4OC)cc3F)c2cc1OCC(C)(C)O. The molecular formula is C27H25F2N3O6. The number of nitrogens with one attached hydrogen (secondary N) is 1. The van der Waals surface area contributed by atoms with Gasteiger partial charge in [-0.1, -0.05) is 0 Å². The van der Waals surface area contributed by atoms with E-state index in [0.29, 0.717) is 16.7 Å². The van der Waals surface area contributed by atoms with E-state index in [9.17, 15) is 9.90 Å². The van der Waals surface area contributed by atoms with Crippen LogP contribution in [0.2, 0.25) is 0 Å². The van der Waals surface area contributed by atoms with E-state index in [1.54, 1.807) is 26.0 Å². The number of aliphatic hydroxyl groups is 1. The van der Waals surface area contributed by atoms with Crippen molar-refractivity contribution in [2.75, 3.05) is 26.1 Å². The number of carbonyl (C=O) groups is 1. The van der Waals surface area contributed by atoms with Crippen molar-refractivity contribution in [3.8, 4) is 28.7 Å². The lowest BCUT2D eigenvalue weighted by atomic mass is 10.1. The smallest absolute Gasteiger partial charge is 0.261 e. The third-order valence-corrected chi connectivity index (χ3v) is 5.28. The Hall–Kier alpha value is -4.51. The van der Waals surface area contributed by atoms with Crippen molar-refractivity contribution in [1.29, 1.82) is 0 Å². The van der Waals surface area contributed by atoms with Crippen molar-refractivity contribution in [2.24, 2.45) is 0 Å². The summed E-state index contributed by atoms with van der Waals surface area (Å²) in [6.45, 7) is 3.13. The number of rotatable bonds is 9. The van der Waals surface area contributed by atoms with Gasteiger partial charge in [-0.3, -0.25) is 14.8 Å². The van der Waals surface area contributed by atoms with Crippen LogP contribution in [0.5, 0.6) is 28.7 Å². The van der Waals surface area contributed by atoms with E-state index in [0.717, 1.165) is 12.1 Å². The standard InChI is InChI=1S/C27H25F2N3O6/c1-27(2,34)14-37-24-11-16-20(12-23(24)36-4)31-8-6-22(16)38-25-18(28)9-15(10-19(25)29)32-26(33)17-13-30-7-5-21(17)35-3/h5-13,34H,14H2,1-4H3,(H,32,33). The molecule has 0 unspecified atom stereocenters. The van der Waals surface area contributed by atoms with Gasteiger partial charge in [0, 0.05) is 47.9 Å². The molecule has 198 valence electrons.